The fourth-order valence-electron chi connectivity index (χ4n) is 2.44. The van der Waals surface area contributed by atoms with Crippen LogP contribution in [-0.2, 0) is 10.0 Å². The fraction of sp³-hybridized carbons (Fsp3) is 0.0588. The number of halogens is 1. The zero-order valence-corrected chi connectivity index (χ0v) is 15.9. The maximum atomic E-state index is 12.5. The highest BCUT2D eigenvalue weighted by Gasteiger charge is 2.18. The number of hydrogen-bond acceptors (Lipinski definition) is 5. The summed E-state index contributed by atoms with van der Waals surface area (Å²) in [7, 11) is -3.78. The Morgan fingerprint density at radius 1 is 1.08 bits per heavy atom. The highest BCUT2D eigenvalue weighted by molar-refractivity contribution is 7.92. The van der Waals surface area contributed by atoms with Crippen molar-refractivity contribution in [1.29, 1.82) is 0 Å². The van der Waals surface area contributed by atoms with Gasteiger partial charge in [0, 0.05) is 16.0 Å². The van der Waals surface area contributed by atoms with E-state index in [0.717, 1.165) is 16.8 Å². The SMILES string of the molecule is Cc1ccc(-c2csc3nc(NS(=O)(=O)c4ccc(Cl)cc4)nn23)cc1. The molecule has 0 spiro atoms. The molecule has 0 radical (unpaired) electrons. The highest BCUT2D eigenvalue weighted by atomic mass is 35.5. The van der Waals surface area contributed by atoms with Crippen LogP contribution in [0.15, 0.2) is 58.8 Å². The molecule has 0 bridgehead atoms. The molecule has 0 aliphatic heterocycles. The largest absolute Gasteiger partial charge is 0.264 e. The van der Waals surface area contributed by atoms with E-state index in [1.54, 1.807) is 4.52 Å². The Balaban J connectivity index is 1.68. The van der Waals surface area contributed by atoms with Crippen LogP contribution in [0.2, 0.25) is 5.02 Å². The van der Waals surface area contributed by atoms with Gasteiger partial charge in [0.25, 0.3) is 16.0 Å². The molecule has 4 rings (SSSR count). The number of sulfonamides is 1. The molecule has 0 saturated heterocycles. The van der Waals surface area contributed by atoms with Crippen molar-refractivity contribution < 1.29 is 8.42 Å². The van der Waals surface area contributed by atoms with E-state index in [4.69, 9.17) is 11.6 Å². The first-order valence-corrected chi connectivity index (χ1v) is 10.4. The molecule has 2 heterocycles. The Morgan fingerprint density at radius 3 is 2.46 bits per heavy atom. The molecule has 6 nitrogen and oxygen atoms in total. The van der Waals surface area contributed by atoms with Crippen molar-refractivity contribution in [2.75, 3.05) is 4.72 Å². The summed E-state index contributed by atoms with van der Waals surface area (Å²) < 4.78 is 29.0. The van der Waals surface area contributed by atoms with Crippen LogP contribution in [-0.4, -0.2) is 23.0 Å². The third-order valence-corrected chi connectivity index (χ3v) is 6.19. The lowest BCUT2D eigenvalue weighted by molar-refractivity contribution is 0.601. The fourth-order valence-corrected chi connectivity index (χ4v) is 4.34. The summed E-state index contributed by atoms with van der Waals surface area (Å²) in [6, 6.07) is 13.9. The van der Waals surface area contributed by atoms with Gasteiger partial charge in [-0.2, -0.15) is 4.98 Å². The molecular formula is C17H13ClN4O2S2. The average molecular weight is 405 g/mol. The van der Waals surface area contributed by atoms with Gasteiger partial charge in [-0.3, -0.25) is 0 Å². The molecule has 9 heteroatoms. The van der Waals surface area contributed by atoms with Crippen molar-refractivity contribution in [3.8, 4) is 11.3 Å². The van der Waals surface area contributed by atoms with Crippen molar-refractivity contribution in [1.82, 2.24) is 14.6 Å². The molecule has 0 unspecified atom stereocenters. The van der Waals surface area contributed by atoms with E-state index in [1.165, 1.54) is 35.6 Å². The number of hydrogen-bond donors (Lipinski definition) is 1. The molecule has 0 fully saturated rings. The predicted molar refractivity (Wildman–Crippen MR) is 103 cm³/mol. The van der Waals surface area contributed by atoms with Gasteiger partial charge in [-0.15, -0.1) is 16.4 Å². The van der Waals surface area contributed by atoms with Gasteiger partial charge >= 0.3 is 0 Å². The van der Waals surface area contributed by atoms with E-state index in [2.05, 4.69) is 14.8 Å². The third-order valence-electron chi connectivity index (χ3n) is 3.78. The molecule has 26 heavy (non-hydrogen) atoms. The number of benzene rings is 2. The van der Waals surface area contributed by atoms with Crippen LogP contribution in [0.1, 0.15) is 5.56 Å². The minimum Gasteiger partial charge on any atom is -0.246 e. The van der Waals surface area contributed by atoms with Crippen molar-refractivity contribution >= 4 is 43.9 Å². The topological polar surface area (TPSA) is 76.4 Å². The normalized spacial score (nSPS) is 11.8. The van der Waals surface area contributed by atoms with Crippen LogP contribution in [0.4, 0.5) is 5.95 Å². The van der Waals surface area contributed by atoms with Gasteiger partial charge in [0.05, 0.1) is 10.6 Å². The van der Waals surface area contributed by atoms with E-state index in [9.17, 15) is 8.42 Å². The number of thiazole rings is 1. The zero-order valence-electron chi connectivity index (χ0n) is 13.5. The Kier molecular flexibility index (Phi) is 4.18. The lowest BCUT2D eigenvalue weighted by Gasteiger charge is -2.04. The van der Waals surface area contributed by atoms with E-state index < -0.39 is 10.0 Å². The number of aromatic nitrogens is 3. The number of rotatable bonds is 4. The summed E-state index contributed by atoms with van der Waals surface area (Å²) >= 11 is 7.20. The second kappa shape index (κ2) is 6.39. The highest BCUT2D eigenvalue weighted by Crippen LogP contribution is 2.26. The predicted octanol–water partition coefficient (Wildman–Crippen LogP) is 4.22. The van der Waals surface area contributed by atoms with Gasteiger partial charge in [-0.25, -0.2) is 17.7 Å². The summed E-state index contributed by atoms with van der Waals surface area (Å²) in [6.07, 6.45) is 0. The quantitative estimate of drug-likeness (QED) is 0.552. The lowest BCUT2D eigenvalue weighted by Crippen LogP contribution is -2.14. The Morgan fingerprint density at radius 2 is 1.77 bits per heavy atom. The van der Waals surface area contributed by atoms with Crippen molar-refractivity contribution in [2.45, 2.75) is 11.8 Å². The summed E-state index contributed by atoms with van der Waals surface area (Å²) in [5.74, 6) is 0.0279. The van der Waals surface area contributed by atoms with Crippen LogP contribution in [0.25, 0.3) is 16.2 Å². The number of aryl methyl sites for hydroxylation is 1. The van der Waals surface area contributed by atoms with E-state index in [1.807, 2.05) is 36.6 Å². The monoisotopic (exact) mass is 404 g/mol. The van der Waals surface area contributed by atoms with Crippen LogP contribution in [0.3, 0.4) is 0 Å². The Hall–Kier alpha value is -2.42. The molecular weight excluding hydrogens is 392 g/mol. The van der Waals surface area contributed by atoms with Crippen molar-refractivity contribution in [2.24, 2.45) is 0 Å². The molecule has 0 aliphatic carbocycles. The molecule has 0 atom stereocenters. The van der Waals surface area contributed by atoms with Crippen molar-refractivity contribution in [3.63, 3.8) is 0 Å². The molecule has 0 aliphatic rings. The minimum atomic E-state index is -3.78. The molecule has 1 N–H and O–H groups in total. The maximum absolute atomic E-state index is 12.5. The van der Waals surface area contributed by atoms with E-state index in [0.29, 0.717) is 9.98 Å². The molecule has 0 amide bonds. The molecule has 132 valence electrons. The Bertz CT molecular complexity index is 1180. The van der Waals surface area contributed by atoms with Gasteiger partial charge in [-0.05, 0) is 31.2 Å². The van der Waals surface area contributed by atoms with Gasteiger partial charge < -0.3 is 0 Å². The van der Waals surface area contributed by atoms with Crippen molar-refractivity contribution in [3.05, 3.63) is 64.5 Å². The summed E-state index contributed by atoms with van der Waals surface area (Å²) in [4.78, 5) is 4.96. The summed E-state index contributed by atoms with van der Waals surface area (Å²) in [5, 5.41) is 6.71. The first kappa shape index (κ1) is 17.0. The lowest BCUT2D eigenvalue weighted by atomic mass is 10.1. The van der Waals surface area contributed by atoms with Crippen LogP contribution >= 0.6 is 22.9 Å². The number of nitrogens with zero attached hydrogens (tertiary/aromatic N) is 3. The zero-order chi connectivity index (χ0) is 18.3. The molecule has 4 aromatic rings. The second-order valence-corrected chi connectivity index (χ2v) is 8.63. The smallest absolute Gasteiger partial charge is 0.246 e. The van der Waals surface area contributed by atoms with Gasteiger partial charge in [0.1, 0.15) is 0 Å². The number of nitrogens with one attached hydrogen (secondary N) is 1. The molecule has 0 saturated carbocycles. The van der Waals surface area contributed by atoms with Gasteiger partial charge in [0.15, 0.2) is 0 Å². The molecule has 2 aromatic heterocycles. The maximum Gasteiger partial charge on any atom is 0.264 e. The number of anilines is 1. The standard InChI is InChI=1S/C17H13ClN4O2S2/c1-11-2-4-12(5-3-11)15-10-25-17-19-16(20-22(15)17)21-26(23,24)14-8-6-13(18)7-9-14/h2-10H,1H3,(H,20,21). The first-order valence-electron chi connectivity index (χ1n) is 7.62. The van der Waals surface area contributed by atoms with Crippen LogP contribution in [0, 0.1) is 6.92 Å². The number of fused-ring (bicyclic) bond motifs is 1. The van der Waals surface area contributed by atoms with Gasteiger partial charge in [-0.1, -0.05) is 41.4 Å². The average Bonchev–Trinajstić information content (AvgIpc) is 3.15. The third kappa shape index (κ3) is 3.18. The van der Waals surface area contributed by atoms with Crippen LogP contribution < -0.4 is 4.72 Å². The van der Waals surface area contributed by atoms with E-state index >= 15 is 0 Å². The summed E-state index contributed by atoms with van der Waals surface area (Å²) in [6.45, 7) is 2.02. The van der Waals surface area contributed by atoms with Crippen LogP contribution in [0.5, 0.6) is 0 Å². The minimum absolute atomic E-state index is 0.0279. The van der Waals surface area contributed by atoms with Gasteiger partial charge in [0.2, 0.25) is 4.96 Å². The molecule has 2 aromatic carbocycles. The first-order chi connectivity index (χ1) is 12.4. The Labute approximate surface area is 159 Å². The second-order valence-electron chi connectivity index (χ2n) is 5.68. The van der Waals surface area contributed by atoms with E-state index in [-0.39, 0.29) is 10.8 Å². The summed E-state index contributed by atoms with van der Waals surface area (Å²) in [5.41, 5.74) is 3.00.